The Bertz CT molecular complexity index is 1110. The third-order valence-corrected chi connectivity index (χ3v) is 7.06. The van der Waals surface area contributed by atoms with E-state index in [9.17, 15) is 0 Å². The molecule has 0 amide bonds. The van der Waals surface area contributed by atoms with Gasteiger partial charge in [-0.15, -0.1) is 5.56 Å². The van der Waals surface area contributed by atoms with E-state index >= 15 is 0 Å². The van der Waals surface area contributed by atoms with Crippen LogP contribution in [0.2, 0.25) is 0 Å². The largest absolute Gasteiger partial charge is 0.179 e. The van der Waals surface area contributed by atoms with Crippen molar-refractivity contribution in [3.8, 4) is 11.1 Å². The van der Waals surface area contributed by atoms with Gasteiger partial charge < -0.3 is 24.8 Å². The minimum Gasteiger partial charge on any atom is -0.179 e. The van der Waals surface area contributed by atoms with Crippen molar-refractivity contribution >= 4 is 3.71 Å². The van der Waals surface area contributed by atoms with Crippen LogP contribution in [0.5, 0.6) is 0 Å². The number of benzene rings is 3. The molecule has 0 spiro atoms. The molecular formula is C33H36Cl2Zr-2. The molecule has 0 bridgehead atoms. The normalized spacial score (nSPS) is 14.7. The molecule has 2 aliphatic carbocycles. The quantitative estimate of drug-likeness (QED) is 0.320. The van der Waals surface area contributed by atoms with Crippen LogP contribution >= 0.6 is 0 Å². The smallest absolute Gasteiger partial charge is 0.0253 e. The summed E-state index contributed by atoms with van der Waals surface area (Å²) in [4.78, 5) is 0. The van der Waals surface area contributed by atoms with Crippen molar-refractivity contribution in [2.24, 2.45) is 11.3 Å². The fraction of sp³-hybridized carbons (Fsp3) is 0.303. The Morgan fingerprint density at radius 2 is 1.53 bits per heavy atom. The molecule has 0 heterocycles. The third-order valence-electron chi connectivity index (χ3n) is 6.24. The van der Waals surface area contributed by atoms with Crippen LogP contribution < -0.4 is 24.8 Å². The van der Waals surface area contributed by atoms with Crippen molar-refractivity contribution in [1.29, 1.82) is 0 Å². The Labute approximate surface area is 246 Å². The number of halogens is 2. The van der Waals surface area contributed by atoms with E-state index in [1.54, 1.807) is 0 Å². The topological polar surface area (TPSA) is 0 Å². The molecule has 0 saturated carbocycles. The number of rotatable bonds is 3. The van der Waals surface area contributed by atoms with Crippen LogP contribution in [0.4, 0.5) is 0 Å². The second kappa shape index (κ2) is 15.7. The van der Waals surface area contributed by atoms with Gasteiger partial charge in [0, 0.05) is 0 Å². The van der Waals surface area contributed by atoms with Crippen LogP contribution in [0.25, 0.3) is 11.1 Å². The first kappa shape index (κ1) is 32.5. The van der Waals surface area contributed by atoms with Gasteiger partial charge in [-0.25, -0.2) is 5.57 Å². The number of allylic oxidation sites excluding steroid dienone is 4. The van der Waals surface area contributed by atoms with Crippen molar-refractivity contribution in [2.45, 2.75) is 53.9 Å². The maximum atomic E-state index is 3.57. The molecule has 0 aromatic heterocycles. The average Bonchev–Trinajstić information content (AvgIpc) is 3.47. The molecule has 0 N–H and O–H groups in total. The maximum absolute atomic E-state index is 3.57. The van der Waals surface area contributed by atoms with E-state index in [2.05, 4.69) is 117 Å². The predicted molar refractivity (Wildman–Crippen MR) is 143 cm³/mol. The van der Waals surface area contributed by atoms with E-state index < -0.39 is 0 Å². The van der Waals surface area contributed by atoms with Gasteiger partial charge in [-0.05, 0) is 6.42 Å². The van der Waals surface area contributed by atoms with Gasteiger partial charge in [0.15, 0.2) is 0 Å². The first-order valence-electron chi connectivity index (χ1n) is 12.4. The SMILES string of the molecule is CCC1=[C-]C(CC)C=C1C(C)(C)C.[Cl-].[Cl-].[Zr+2]=[CH]c1ccccc1.[c-]1cccc2c1Cc1ccccc1-2. The second-order valence-electron chi connectivity index (χ2n) is 9.77. The summed E-state index contributed by atoms with van der Waals surface area (Å²) in [5, 5.41) is 0. The molecule has 0 aliphatic heterocycles. The zero-order valence-electron chi connectivity index (χ0n) is 22.0. The standard InChI is InChI=1S/C13H9.C13H21.C7H6.2ClH.Zr/c1-3-7-12-10(5-1)9-11-6-2-4-8-13(11)12;1-6-10-8-11(7-2)12(9-10)13(3,4)5;1-7-5-3-2-4-6-7;;;/h1-5,7-8H,9H2;9-10H,6-7H2,1-5H3;1-6H;2*1H;/q2*-1;;;;+2/p-2. The summed E-state index contributed by atoms with van der Waals surface area (Å²) in [6.07, 6.45) is 9.33. The van der Waals surface area contributed by atoms with Gasteiger partial charge in [0.05, 0.1) is 0 Å². The van der Waals surface area contributed by atoms with Gasteiger partial charge in [-0.3, -0.25) is 6.08 Å². The van der Waals surface area contributed by atoms with E-state index in [4.69, 9.17) is 0 Å². The maximum Gasteiger partial charge on any atom is -0.0253 e. The third kappa shape index (κ3) is 8.80. The fourth-order valence-electron chi connectivity index (χ4n) is 4.41. The summed E-state index contributed by atoms with van der Waals surface area (Å²) in [6, 6.07) is 28.5. The number of fused-ring (bicyclic) bond motifs is 3. The average molecular weight is 595 g/mol. The van der Waals surface area contributed by atoms with Crippen molar-refractivity contribution in [1.82, 2.24) is 0 Å². The zero-order valence-corrected chi connectivity index (χ0v) is 26.0. The van der Waals surface area contributed by atoms with E-state index in [1.165, 1.54) is 69.6 Å². The van der Waals surface area contributed by atoms with Gasteiger partial charge in [0.2, 0.25) is 0 Å². The Morgan fingerprint density at radius 1 is 0.889 bits per heavy atom. The number of hydrogen-bond acceptors (Lipinski definition) is 0. The van der Waals surface area contributed by atoms with Gasteiger partial charge in [-0.1, -0.05) is 94.2 Å². The summed E-state index contributed by atoms with van der Waals surface area (Å²) in [6.45, 7) is 11.3. The summed E-state index contributed by atoms with van der Waals surface area (Å²) in [5.41, 5.74) is 10.1. The Kier molecular flexibility index (Phi) is 14.1. The monoisotopic (exact) mass is 592 g/mol. The molecule has 0 nitrogen and oxygen atoms in total. The summed E-state index contributed by atoms with van der Waals surface area (Å²) in [5.74, 6) is 0.573. The molecule has 0 saturated heterocycles. The Hall–Kier alpha value is -1.53. The van der Waals surface area contributed by atoms with Crippen molar-refractivity contribution < 1.29 is 49.0 Å². The van der Waals surface area contributed by atoms with Crippen LogP contribution in [0, 0.1) is 23.5 Å². The molecule has 0 fully saturated rings. The molecule has 3 aromatic carbocycles. The van der Waals surface area contributed by atoms with Gasteiger partial charge >= 0.3 is 63.8 Å². The Morgan fingerprint density at radius 3 is 2.08 bits per heavy atom. The molecule has 5 rings (SSSR count). The summed E-state index contributed by atoms with van der Waals surface area (Å²) < 4.78 is 2.17. The van der Waals surface area contributed by atoms with Crippen molar-refractivity contribution in [3.05, 3.63) is 119 Å². The van der Waals surface area contributed by atoms with E-state index in [0.717, 1.165) is 12.8 Å². The molecule has 1 atom stereocenters. The first-order chi connectivity index (χ1) is 16.4. The fourth-order valence-corrected chi connectivity index (χ4v) is 4.88. The molecule has 1 unspecified atom stereocenters. The molecule has 2 aliphatic rings. The predicted octanol–water partition coefficient (Wildman–Crippen LogP) is 2.59. The summed E-state index contributed by atoms with van der Waals surface area (Å²) in [7, 11) is 0. The van der Waals surface area contributed by atoms with Crippen molar-refractivity contribution in [2.75, 3.05) is 0 Å². The van der Waals surface area contributed by atoms with Gasteiger partial charge in [0.25, 0.3) is 0 Å². The molecule has 3 aromatic rings. The molecule has 0 radical (unpaired) electrons. The van der Waals surface area contributed by atoms with E-state index in [-0.39, 0.29) is 24.8 Å². The molecule has 188 valence electrons. The van der Waals surface area contributed by atoms with Gasteiger partial charge in [-0.2, -0.15) is 41.5 Å². The molecule has 36 heavy (non-hydrogen) atoms. The van der Waals surface area contributed by atoms with Crippen LogP contribution in [0.3, 0.4) is 0 Å². The van der Waals surface area contributed by atoms with Crippen LogP contribution in [0.1, 0.15) is 64.2 Å². The first-order valence-corrected chi connectivity index (χ1v) is 13.8. The van der Waals surface area contributed by atoms with Crippen molar-refractivity contribution in [3.63, 3.8) is 0 Å². The number of hydrogen-bond donors (Lipinski definition) is 0. The van der Waals surface area contributed by atoms with E-state index in [0.29, 0.717) is 11.3 Å². The van der Waals surface area contributed by atoms with E-state index in [1.807, 2.05) is 12.1 Å². The minimum absolute atomic E-state index is 0. The minimum atomic E-state index is 0. The van der Waals surface area contributed by atoms with Crippen LogP contribution in [0.15, 0.2) is 90.0 Å². The van der Waals surface area contributed by atoms with Gasteiger partial charge in [0.1, 0.15) is 0 Å². The summed E-state index contributed by atoms with van der Waals surface area (Å²) >= 11 is 1.46. The zero-order chi connectivity index (χ0) is 24.6. The second-order valence-corrected chi connectivity index (χ2v) is 10.5. The van der Waals surface area contributed by atoms with Crippen LogP contribution in [-0.4, -0.2) is 3.71 Å². The molecule has 3 heteroatoms. The molecular weight excluding hydrogens is 558 g/mol. The van der Waals surface area contributed by atoms with Crippen LogP contribution in [-0.2, 0) is 30.7 Å². The Balaban J connectivity index is 0.000000271.